The summed E-state index contributed by atoms with van der Waals surface area (Å²) in [5.74, 6) is -0.942. The molecule has 1 amide bonds. The van der Waals surface area contributed by atoms with Crippen LogP contribution in [0.2, 0.25) is 0 Å². The zero-order chi connectivity index (χ0) is 17.5. The third-order valence-corrected chi connectivity index (χ3v) is 4.52. The number of carbonyl (C=O) groups is 1. The van der Waals surface area contributed by atoms with Gasteiger partial charge in [-0.1, -0.05) is 12.1 Å². The minimum Gasteiger partial charge on any atom is -0.324 e. The Balaban J connectivity index is 2.53. The van der Waals surface area contributed by atoms with Crippen molar-refractivity contribution >= 4 is 21.6 Å². The molecule has 6 nitrogen and oxygen atoms in total. The highest BCUT2D eigenvalue weighted by atomic mass is 32.2. The molecular weight excluding hydrogens is 321 g/mol. The first kappa shape index (κ1) is 19.5. The topological polar surface area (TPSA) is 69.7 Å². The predicted octanol–water partition coefficient (Wildman–Crippen LogP) is 1.37. The number of nitrogens with zero attached hydrogens (tertiary/aromatic N) is 2. The van der Waals surface area contributed by atoms with Gasteiger partial charge in [0.1, 0.15) is 5.82 Å². The van der Waals surface area contributed by atoms with Crippen molar-refractivity contribution in [1.82, 2.24) is 9.21 Å². The molecule has 0 fully saturated rings. The molecule has 0 spiro atoms. The summed E-state index contributed by atoms with van der Waals surface area (Å²) in [6.07, 6.45) is 1.77. The van der Waals surface area contributed by atoms with Crippen LogP contribution in [0.3, 0.4) is 0 Å². The van der Waals surface area contributed by atoms with E-state index < -0.39 is 21.7 Å². The van der Waals surface area contributed by atoms with Crippen molar-refractivity contribution in [3.8, 4) is 0 Å². The number of hydrogen-bond donors (Lipinski definition) is 1. The minimum atomic E-state index is -3.38. The number of rotatable bonds is 9. The Hall–Kier alpha value is -1.51. The zero-order valence-corrected chi connectivity index (χ0v) is 14.6. The summed E-state index contributed by atoms with van der Waals surface area (Å²) in [6.45, 7) is 1.18. The summed E-state index contributed by atoms with van der Waals surface area (Å²) in [6, 6.07) is 5.85. The Morgan fingerprint density at radius 1 is 1.17 bits per heavy atom. The van der Waals surface area contributed by atoms with Crippen molar-refractivity contribution in [2.24, 2.45) is 0 Å². The highest BCUT2D eigenvalue weighted by Gasteiger charge is 2.18. The van der Waals surface area contributed by atoms with Crippen molar-refractivity contribution in [2.75, 3.05) is 45.3 Å². The molecule has 1 N–H and O–H groups in total. The Kier molecular flexibility index (Phi) is 7.60. The second-order valence-electron chi connectivity index (χ2n) is 5.60. The molecule has 23 heavy (non-hydrogen) atoms. The first-order valence-corrected chi connectivity index (χ1v) is 9.19. The lowest BCUT2D eigenvalue weighted by Crippen LogP contribution is -2.35. The van der Waals surface area contributed by atoms with E-state index in [1.807, 2.05) is 19.0 Å². The highest BCUT2D eigenvalue weighted by Crippen LogP contribution is 2.13. The number of hydrogen-bond acceptors (Lipinski definition) is 4. The standard InChI is InChI=1S/C15H24FN3O3S/c1-18(2)10-6-11-19(23(3,21)22)12-9-15(20)17-14-8-5-4-7-13(14)16/h4-5,7-8H,6,9-12H2,1-3H3,(H,17,20). The molecule has 0 radical (unpaired) electrons. The lowest BCUT2D eigenvalue weighted by atomic mass is 10.3. The number of anilines is 1. The van der Waals surface area contributed by atoms with Crippen LogP contribution in [0.1, 0.15) is 12.8 Å². The molecular formula is C15H24FN3O3S. The molecule has 130 valence electrons. The summed E-state index contributed by atoms with van der Waals surface area (Å²) in [5, 5.41) is 2.45. The van der Waals surface area contributed by atoms with Crippen molar-refractivity contribution in [2.45, 2.75) is 12.8 Å². The molecule has 0 heterocycles. The van der Waals surface area contributed by atoms with Gasteiger partial charge in [0.2, 0.25) is 15.9 Å². The molecule has 1 aromatic rings. The van der Waals surface area contributed by atoms with Gasteiger partial charge in [-0.15, -0.1) is 0 Å². The van der Waals surface area contributed by atoms with Crippen LogP contribution in [-0.4, -0.2) is 63.5 Å². The fourth-order valence-electron chi connectivity index (χ4n) is 2.01. The predicted molar refractivity (Wildman–Crippen MR) is 89.2 cm³/mol. The quantitative estimate of drug-likeness (QED) is 0.734. The van der Waals surface area contributed by atoms with Gasteiger partial charge in [0, 0.05) is 19.5 Å². The number of halogens is 1. The van der Waals surface area contributed by atoms with Crippen molar-refractivity contribution in [3.05, 3.63) is 30.1 Å². The van der Waals surface area contributed by atoms with Gasteiger partial charge >= 0.3 is 0 Å². The van der Waals surface area contributed by atoms with E-state index in [0.29, 0.717) is 13.0 Å². The molecule has 1 rings (SSSR count). The molecule has 0 aliphatic heterocycles. The molecule has 1 aromatic carbocycles. The normalized spacial score (nSPS) is 11.9. The maximum Gasteiger partial charge on any atom is 0.225 e. The van der Waals surface area contributed by atoms with E-state index in [4.69, 9.17) is 0 Å². The maximum atomic E-state index is 13.5. The Morgan fingerprint density at radius 3 is 2.39 bits per heavy atom. The van der Waals surface area contributed by atoms with Crippen molar-refractivity contribution in [1.29, 1.82) is 0 Å². The van der Waals surface area contributed by atoms with Crippen LogP contribution in [0.25, 0.3) is 0 Å². The van der Waals surface area contributed by atoms with E-state index in [-0.39, 0.29) is 18.7 Å². The van der Waals surface area contributed by atoms with Gasteiger partial charge in [-0.25, -0.2) is 17.1 Å². The van der Waals surface area contributed by atoms with Crippen LogP contribution in [0, 0.1) is 5.82 Å². The molecule has 0 aliphatic carbocycles. The zero-order valence-electron chi connectivity index (χ0n) is 13.8. The summed E-state index contributed by atoms with van der Waals surface area (Å²) < 4.78 is 38.2. The van der Waals surface area contributed by atoms with Gasteiger partial charge in [0.15, 0.2) is 0 Å². The van der Waals surface area contributed by atoms with Crippen molar-refractivity contribution < 1.29 is 17.6 Å². The molecule has 8 heteroatoms. The maximum absolute atomic E-state index is 13.5. The van der Waals surface area contributed by atoms with Crippen LogP contribution >= 0.6 is 0 Å². The van der Waals surface area contributed by atoms with Gasteiger partial charge in [-0.05, 0) is 39.2 Å². The molecule has 0 saturated carbocycles. The summed E-state index contributed by atoms with van der Waals surface area (Å²) in [5.41, 5.74) is 0.0935. The fraction of sp³-hybridized carbons (Fsp3) is 0.533. The van der Waals surface area contributed by atoms with E-state index in [0.717, 1.165) is 12.8 Å². The SMILES string of the molecule is CN(C)CCCN(CCC(=O)Nc1ccccc1F)S(C)(=O)=O. The Morgan fingerprint density at radius 2 is 1.83 bits per heavy atom. The average molecular weight is 345 g/mol. The van der Waals surface area contributed by atoms with Crippen LogP contribution in [0.15, 0.2) is 24.3 Å². The summed E-state index contributed by atoms with van der Waals surface area (Å²) in [7, 11) is 0.440. The Bertz CT molecular complexity index is 620. The number of para-hydroxylation sites is 1. The molecule has 0 atom stereocenters. The number of amides is 1. The summed E-state index contributed by atoms with van der Waals surface area (Å²) in [4.78, 5) is 13.8. The fourth-order valence-corrected chi connectivity index (χ4v) is 2.89. The molecule has 0 unspecified atom stereocenters. The van der Waals surface area contributed by atoms with E-state index >= 15 is 0 Å². The lowest BCUT2D eigenvalue weighted by molar-refractivity contribution is -0.116. The third kappa shape index (κ3) is 7.54. The number of nitrogens with one attached hydrogen (secondary N) is 1. The van der Waals surface area contributed by atoms with Crippen molar-refractivity contribution in [3.63, 3.8) is 0 Å². The number of carbonyl (C=O) groups excluding carboxylic acids is 1. The highest BCUT2D eigenvalue weighted by molar-refractivity contribution is 7.88. The second-order valence-corrected chi connectivity index (χ2v) is 7.58. The molecule has 0 aromatic heterocycles. The van der Waals surface area contributed by atoms with Gasteiger partial charge in [-0.3, -0.25) is 4.79 Å². The minimum absolute atomic E-state index is 0.0244. The first-order chi connectivity index (χ1) is 10.7. The van der Waals surface area contributed by atoms with E-state index in [9.17, 15) is 17.6 Å². The number of sulfonamides is 1. The van der Waals surface area contributed by atoms with Crippen LogP contribution < -0.4 is 5.32 Å². The smallest absolute Gasteiger partial charge is 0.225 e. The number of benzene rings is 1. The molecule has 0 aliphatic rings. The lowest BCUT2D eigenvalue weighted by Gasteiger charge is -2.20. The van der Waals surface area contributed by atoms with Crippen LogP contribution in [-0.2, 0) is 14.8 Å². The Labute approximate surface area is 137 Å². The molecule has 0 bridgehead atoms. The van der Waals surface area contributed by atoms with Gasteiger partial charge in [0.25, 0.3) is 0 Å². The van der Waals surface area contributed by atoms with Gasteiger partial charge in [-0.2, -0.15) is 0 Å². The average Bonchev–Trinajstić information content (AvgIpc) is 2.43. The van der Waals surface area contributed by atoms with E-state index in [1.54, 1.807) is 6.07 Å². The largest absolute Gasteiger partial charge is 0.324 e. The van der Waals surface area contributed by atoms with E-state index in [1.165, 1.54) is 22.5 Å². The van der Waals surface area contributed by atoms with E-state index in [2.05, 4.69) is 5.32 Å². The monoisotopic (exact) mass is 345 g/mol. The molecule has 0 saturated heterocycles. The van der Waals surface area contributed by atoms with Crippen LogP contribution in [0.5, 0.6) is 0 Å². The first-order valence-electron chi connectivity index (χ1n) is 7.34. The third-order valence-electron chi connectivity index (χ3n) is 3.22. The summed E-state index contributed by atoms with van der Waals surface area (Å²) >= 11 is 0. The van der Waals surface area contributed by atoms with Gasteiger partial charge < -0.3 is 10.2 Å². The van der Waals surface area contributed by atoms with Gasteiger partial charge in [0.05, 0.1) is 11.9 Å². The second kappa shape index (κ2) is 8.95. The van der Waals surface area contributed by atoms with Crippen LogP contribution in [0.4, 0.5) is 10.1 Å².